The third-order valence-electron chi connectivity index (χ3n) is 22.6. The van der Waals surface area contributed by atoms with E-state index in [4.69, 9.17) is 15.3 Å². The van der Waals surface area contributed by atoms with E-state index in [0.29, 0.717) is 35.7 Å². The Kier molecular flexibility index (Phi) is 18.5. The highest BCUT2D eigenvalue weighted by Gasteiger charge is 2.52. The van der Waals surface area contributed by atoms with Crippen molar-refractivity contribution >= 4 is 17.7 Å². The molecule has 12 nitrogen and oxygen atoms in total. The number of amides is 3. The van der Waals surface area contributed by atoms with Crippen molar-refractivity contribution in [3.8, 4) is 0 Å². The fourth-order valence-corrected chi connectivity index (χ4v) is 18.4. The molecule has 3 heterocycles. The van der Waals surface area contributed by atoms with E-state index >= 15 is 0 Å². The Morgan fingerprint density at radius 3 is 1.50 bits per heavy atom. The fourth-order valence-electron chi connectivity index (χ4n) is 18.4. The lowest BCUT2D eigenvalue weighted by atomic mass is 9.53. The maximum Gasteiger partial charge on any atom is 0.272 e. The van der Waals surface area contributed by atoms with E-state index in [2.05, 4.69) is 81.1 Å². The van der Waals surface area contributed by atoms with Crippen LogP contribution in [0.1, 0.15) is 315 Å². The van der Waals surface area contributed by atoms with Crippen molar-refractivity contribution in [2.75, 3.05) is 0 Å². The number of rotatable bonds is 11. The highest BCUT2D eigenvalue weighted by Crippen LogP contribution is 2.56. The molecule has 82 heavy (non-hydrogen) atoms. The molecule has 4 unspecified atom stereocenters. The van der Waals surface area contributed by atoms with Crippen molar-refractivity contribution in [2.24, 2.45) is 29.6 Å². The summed E-state index contributed by atoms with van der Waals surface area (Å²) in [5.74, 6) is 3.99. The topological polar surface area (TPSA) is 141 Å². The molecule has 3 N–H and O–H groups in total. The van der Waals surface area contributed by atoms with Gasteiger partial charge in [-0.15, -0.1) is 0 Å². The average Bonchev–Trinajstić information content (AvgIpc) is 4.05. The van der Waals surface area contributed by atoms with Crippen LogP contribution in [0, 0.1) is 29.6 Å². The summed E-state index contributed by atoms with van der Waals surface area (Å²) in [7, 11) is 0. The van der Waals surface area contributed by atoms with Crippen LogP contribution in [0.25, 0.3) is 0 Å². The SMILES string of the molecule is CC(NC(=O)c1nn(C2CCCCC2)c2c1CCCC2)C1CCCCCC1.CC(c1ccccc1)n1nc(C(=O)NC23CC4CC(CC(C4)C2)C3)c2c1CCCC2.CC1CCCCC1NC(=O)c1nn(C2CCCCC2)c2c1CCCC2. The number of fused-ring (bicyclic) bond motifs is 3. The molecule has 4 bridgehead atoms. The Morgan fingerprint density at radius 1 is 0.500 bits per heavy atom. The predicted octanol–water partition coefficient (Wildman–Crippen LogP) is 15.0. The second-order valence-electron chi connectivity index (χ2n) is 28.5. The van der Waals surface area contributed by atoms with Crippen LogP contribution < -0.4 is 16.0 Å². The molecule has 3 aromatic heterocycles. The maximum absolute atomic E-state index is 13.6. The van der Waals surface area contributed by atoms with Crippen LogP contribution in [0.15, 0.2) is 30.3 Å². The van der Waals surface area contributed by atoms with Gasteiger partial charge in [-0.1, -0.05) is 114 Å². The average molecular weight is 1120 g/mol. The monoisotopic (exact) mass is 1120 g/mol. The largest absolute Gasteiger partial charge is 0.348 e. The Morgan fingerprint density at radius 2 is 0.951 bits per heavy atom. The molecule has 11 aliphatic carbocycles. The van der Waals surface area contributed by atoms with Crippen LogP contribution >= 0.6 is 0 Å². The Balaban J connectivity index is 0.000000122. The number of hydrogen-bond donors (Lipinski definition) is 3. The molecule has 1 aromatic carbocycles. The zero-order chi connectivity index (χ0) is 56.2. The number of nitrogens with one attached hydrogen (secondary N) is 3. The molecule has 8 saturated carbocycles. The second kappa shape index (κ2) is 26.3. The number of benzene rings is 1. The van der Waals surface area contributed by atoms with Crippen LogP contribution in [-0.2, 0) is 38.5 Å². The van der Waals surface area contributed by atoms with Gasteiger partial charge in [0.2, 0.25) is 0 Å². The minimum Gasteiger partial charge on any atom is -0.348 e. The molecule has 0 aliphatic heterocycles. The molecule has 4 aromatic rings. The van der Waals surface area contributed by atoms with Crippen LogP contribution in [0.2, 0.25) is 0 Å². The van der Waals surface area contributed by atoms with Crippen molar-refractivity contribution in [1.82, 2.24) is 45.3 Å². The van der Waals surface area contributed by atoms with Crippen LogP contribution in [-0.4, -0.2) is 64.7 Å². The summed E-state index contributed by atoms with van der Waals surface area (Å²) in [6.07, 6.45) is 46.9. The summed E-state index contributed by atoms with van der Waals surface area (Å²) < 4.78 is 6.70. The fraction of sp³-hybridized carbons (Fsp3) is 0.743. The van der Waals surface area contributed by atoms with Gasteiger partial charge in [-0.25, -0.2) is 0 Å². The molecule has 8 fully saturated rings. The van der Waals surface area contributed by atoms with Crippen molar-refractivity contribution in [1.29, 1.82) is 0 Å². The van der Waals surface area contributed by atoms with Gasteiger partial charge in [0.25, 0.3) is 17.7 Å². The molecule has 0 spiro atoms. The lowest BCUT2D eigenvalue weighted by Gasteiger charge is -2.56. The molecule has 446 valence electrons. The first-order valence-electron chi connectivity index (χ1n) is 34.4. The number of carbonyl (C=O) groups excluding carboxylic acids is 3. The van der Waals surface area contributed by atoms with Crippen LogP contribution in [0.4, 0.5) is 0 Å². The third kappa shape index (κ3) is 12.8. The minimum atomic E-state index is 0.0439. The van der Waals surface area contributed by atoms with Crippen molar-refractivity contribution < 1.29 is 14.4 Å². The zero-order valence-electron chi connectivity index (χ0n) is 50.9. The molecular weight excluding hydrogens is 1010 g/mol. The normalized spacial score (nSPS) is 28.1. The first kappa shape index (κ1) is 57.7. The Hall–Kier alpha value is -4.74. The predicted molar refractivity (Wildman–Crippen MR) is 326 cm³/mol. The molecule has 15 rings (SSSR count). The van der Waals surface area contributed by atoms with Gasteiger partial charge in [-0.2, -0.15) is 15.3 Å². The van der Waals surface area contributed by atoms with Crippen LogP contribution in [0.5, 0.6) is 0 Å². The van der Waals surface area contributed by atoms with Gasteiger partial charge >= 0.3 is 0 Å². The standard InChI is InChI=1S/C26H33N3O.C23H37N3O.C21H33N3O/c1-17(21-7-3-2-4-8-21)29-23-10-6-5-9-22(23)24(28-29)25(30)27-26-14-18-11-19(15-26)13-20(12-18)16-26;1-17(18-11-5-2-3-6-12-18)24-23(27)22-20-15-9-10-16-21(20)26(25-22)19-13-7-4-8-14-19;1-15-9-5-7-13-18(15)22-21(25)20-17-12-6-8-14-19(17)24(23-20)16-10-3-2-4-11-16/h2-4,7-8,17-20H,5-6,9-16H2,1H3,(H,27,30);17-19H,2-16H2,1H3,(H,24,27);15-16,18H,2-14H2,1H3,(H,22,25). The Labute approximate surface area is 492 Å². The number of carbonyl (C=O) groups is 3. The molecule has 0 saturated heterocycles. The van der Waals surface area contributed by atoms with Gasteiger partial charge in [0.15, 0.2) is 17.1 Å². The van der Waals surface area contributed by atoms with Gasteiger partial charge in [-0.3, -0.25) is 28.4 Å². The van der Waals surface area contributed by atoms with Crippen LogP contribution in [0.3, 0.4) is 0 Å². The first-order chi connectivity index (χ1) is 40.1. The van der Waals surface area contributed by atoms with E-state index in [-0.39, 0.29) is 35.3 Å². The van der Waals surface area contributed by atoms with E-state index in [1.807, 2.05) is 0 Å². The maximum atomic E-state index is 13.6. The number of nitrogens with zero attached hydrogens (tertiary/aromatic N) is 6. The van der Waals surface area contributed by atoms with E-state index in [1.165, 1.54) is 232 Å². The highest BCUT2D eigenvalue weighted by molar-refractivity contribution is 5.95. The third-order valence-corrected chi connectivity index (χ3v) is 22.6. The van der Waals surface area contributed by atoms with Gasteiger partial charge in [0.1, 0.15) is 0 Å². The molecule has 12 heteroatoms. The first-order valence-corrected chi connectivity index (χ1v) is 34.4. The minimum absolute atomic E-state index is 0.0439. The molecular formula is C70H103N9O3. The van der Waals surface area contributed by atoms with Gasteiger partial charge < -0.3 is 16.0 Å². The molecule has 0 radical (unpaired) electrons. The quantitative estimate of drug-likeness (QED) is 0.128. The highest BCUT2D eigenvalue weighted by atomic mass is 16.2. The van der Waals surface area contributed by atoms with E-state index in [9.17, 15) is 14.4 Å². The molecule has 11 aliphatic rings. The summed E-state index contributed by atoms with van der Waals surface area (Å²) >= 11 is 0. The number of aromatic nitrogens is 6. The molecule has 3 amide bonds. The van der Waals surface area contributed by atoms with E-state index in [0.717, 1.165) is 80.5 Å². The van der Waals surface area contributed by atoms with Gasteiger partial charge in [0.05, 0.1) is 18.1 Å². The molecule has 4 atom stereocenters. The summed E-state index contributed by atoms with van der Waals surface area (Å²) in [5.41, 5.74) is 11.3. The van der Waals surface area contributed by atoms with Crippen molar-refractivity contribution in [2.45, 2.75) is 301 Å². The Bertz CT molecular complexity index is 2770. The smallest absolute Gasteiger partial charge is 0.272 e. The number of hydrogen-bond acceptors (Lipinski definition) is 6. The van der Waals surface area contributed by atoms with Crippen molar-refractivity contribution in [3.05, 3.63) is 86.7 Å². The summed E-state index contributed by atoms with van der Waals surface area (Å²) in [5, 5.41) is 25.1. The van der Waals surface area contributed by atoms with Gasteiger partial charge in [-0.05, 0) is 216 Å². The summed E-state index contributed by atoms with van der Waals surface area (Å²) in [6, 6.07) is 12.3. The van der Waals surface area contributed by atoms with E-state index in [1.54, 1.807) is 0 Å². The summed E-state index contributed by atoms with van der Waals surface area (Å²) in [4.78, 5) is 39.8. The van der Waals surface area contributed by atoms with E-state index < -0.39 is 0 Å². The summed E-state index contributed by atoms with van der Waals surface area (Å²) in [6.45, 7) is 6.69. The lowest BCUT2D eigenvalue weighted by Crippen LogP contribution is -2.60. The van der Waals surface area contributed by atoms with Gasteiger partial charge in [0, 0.05) is 51.4 Å². The lowest BCUT2D eigenvalue weighted by molar-refractivity contribution is -0.0168. The second-order valence-corrected chi connectivity index (χ2v) is 28.5. The van der Waals surface area contributed by atoms with Crippen molar-refractivity contribution in [3.63, 3.8) is 0 Å². The zero-order valence-corrected chi connectivity index (χ0v) is 50.9.